The molecule has 5 rings (SSSR count). The van der Waals surface area contributed by atoms with Crippen molar-refractivity contribution < 1.29 is 4.92 Å². The summed E-state index contributed by atoms with van der Waals surface area (Å²) >= 11 is 0. The van der Waals surface area contributed by atoms with Crippen molar-refractivity contribution in [2.24, 2.45) is 10.8 Å². The molecule has 1 spiro atoms. The van der Waals surface area contributed by atoms with Gasteiger partial charge in [-0.25, -0.2) is 0 Å². The molecule has 23 heavy (non-hydrogen) atoms. The number of nitro benzene ring substituents is 1. The lowest BCUT2D eigenvalue weighted by Crippen LogP contribution is -2.48. The molecule has 4 nitrogen and oxygen atoms in total. The summed E-state index contributed by atoms with van der Waals surface area (Å²) in [5, 5.41) is 11.2. The largest absolute Gasteiger partial charge is 0.304 e. The predicted octanol–water partition coefficient (Wildman–Crippen LogP) is 4.06. The second kappa shape index (κ2) is 3.80. The number of benzene rings is 1. The third kappa shape index (κ3) is 1.47. The highest BCUT2D eigenvalue weighted by Gasteiger charge is 2.72. The van der Waals surface area contributed by atoms with Crippen LogP contribution in [-0.2, 0) is 0 Å². The van der Waals surface area contributed by atoms with Crippen LogP contribution in [0.5, 0.6) is 0 Å². The van der Waals surface area contributed by atoms with Gasteiger partial charge in [0, 0.05) is 17.7 Å². The minimum Gasteiger partial charge on any atom is -0.304 e. The Balaban J connectivity index is 1.71. The summed E-state index contributed by atoms with van der Waals surface area (Å²) in [6.07, 6.45) is 6.33. The van der Waals surface area contributed by atoms with E-state index in [9.17, 15) is 10.1 Å². The number of hydrogen-bond acceptors (Lipinski definition) is 3. The van der Waals surface area contributed by atoms with Gasteiger partial charge in [0.1, 0.15) is 0 Å². The zero-order valence-electron chi connectivity index (χ0n) is 14.1. The minimum atomic E-state index is -0.237. The summed E-state index contributed by atoms with van der Waals surface area (Å²) in [6.45, 7) is 2.48. The smallest absolute Gasteiger partial charge is 0.269 e. The number of nitrogens with zero attached hydrogens (tertiary/aromatic N) is 2. The first-order valence-corrected chi connectivity index (χ1v) is 8.74. The van der Waals surface area contributed by atoms with Crippen molar-refractivity contribution in [1.29, 1.82) is 0 Å². The highest BCUT2D eigenvalue weighted by molar-refractivity contribution is 5.53. The van der Waals surface area contributed by atoms with E-state index in [0.717, 1.165) is 0 Å². The van der Waals surface area contributed by atoms with Gasteiger partial charge in [-0.3, -0.25) is 10.1 Å². The first-order valence-electron chi connectivity index (χ1n) is 8.74. The number of fused-ring (bicyclic) bond motifs is 5. The molecule has 4 heteroatoms. The van der Waals surface area contributed by atoms with E-state index in [1.54, 1.807) is 6.07 Å². The lowest BCUT2D eigenvalue weighted by Gasteiger charge is -2.47. The lowest BCUT2D eigenvalue weighted by atomic mass is 9.65. The molecular weight excluding hydrogens is 288 g/mol. The fourth-order valence-corrected chi connectivity index (χ4v) is 7.33. The van der Waals surface area contributed by atoms with E-state index in [1.807, 2.05) is 6.07 Å². The van der Waals surface area contributed by atoms with Crippen LogP contribution in [0.25, 0.3) is 0 Å². The summed E-state index contributed by atoms with van der Waals surface area (Å²) in [5.41, 5.74) is 4.11. The molecular formula is C19H24N2O2. The molecule has 1 aromatic carbocycles. The Labute approximate surface area is 137 Å². The van der Waals surface area contributed by atoms with E-state index in [2.05, 4.69) is 32.0 Å². The fraction of sp³-hybridized carbons (Fsp3) is 0.684. The van der Waals surface area contributed by atoms with E-state index in [4.69, 9.17) is 0 Å². The molecule has 0 aromatic heterocycles. The second-order valence-electron chi connectivity index (χ2n) is 9.28. The Bertz CT molecular complexity index is 745. The van der Waals surface area contributed by atoms with Crippen molar-refractivity contribution in [1.82, 2.24) is 4.90 Å². The average Bonchev–Trinajstić information content (AvgIpc) is 2.95. The zero-order valence-corrected chi connectivity index (χ0v) is 14.1. The molecule has 1 aromatic rings. The van der Waals surface area contributed by atoms with Crippen LogP contribution in [0.3, 0.4) is 0 Å². The fourth-order valence-electron chi connectivity index (χ4n) is 7.33. The lowest BCUT2D eigenvalue weighted by molar-refractivity contribution is -0.384. The van der Waals surface area contributed by atoms with Crippen LogP contribution in [0.2, 0.25) is 0 Å². The van der Waals surface area contributed by atoms with Crippen molar-refractivity contribution in [2.75, 3.05) is 14.1 Å². The van der Waals surface area contributed by atoms with E-state index >= 15 is 0 Å². The monoisotopic (exact) mass is 312 g/mol. The van der Waals surface area contributed by atoms with Crippen molar-refractivity contribution in [3.05, 3.63) is 39.4 Å². The van der Waals surface area contributed by atoms with Crippen molar-refractivity contribution in [3.63, 3.8) is 0 Å². The van der Waals surface area contributed by atoms with Crippen LogP contribution in [0.15, 0.2) is 18.2 Å². The first kappa shape index (κ1) is 14.0. The number of rotatable bonds is 2. The molecule has 122 valence electrons. The maximum atomic E-state index is 11.2. The normalized spacial score (nSPS) is 45.6. The Morgan fingerprint density at radius 2 is 1.87 bits per heavy atom. The number of hydrogen-bond donors (Lipinski definition) is 0. The van der Waals surface area contributed by atoms with Crippen LogP contribution < -0.4 is 0 Å². The SMILES string of the molecule is CN(C)C12CC3c4cc([N+](=O)[O-])ccc4C4CC(C)(CC43C1)C2. The van der Waals surface area contributed by atoms with Crippen LogP contribution in [0.4, 0.5) is 5.69 Å². The van der Waals surface area contributed by atoms with Crippen LogP contribution in [0, 0.1) is 20.9 Å². The molecule has 0 aliphatic heterocycles. The number of nitro groups is 1. The Morgan fingerprint density at radius 3 is 2.57 bits per heavy atom. The maximum absolute atomic E-state index is 11.2. The van der Waals surface area contributed by atoms with Gasteiger partial charge < -0.3 is 4.90 Å². The van der Waals surface area contributed by atoms with E-state index < -0.39 is 0 Å². The second-order valence-corrected chi connectivity index (χ2v) is 9.28. The van der Waals surface area contributed by atoms with Crippen LogP contribution in [-0.4, -0.2) is 29.5 Å². The molecule has 4 aliphatic carbocycles. The van der Waals surface area contributed by atoms with Gasteiger partial charge in [0.15, 0.2) is 0 Å². The molecule has 0 N–H and O–H groups in total. The Morgan fingerprint density at radius 1 is 1.13 bits per heavy atom. The topological polar surface area (TPSA) is 46.4 Å². The molecule has 0 amide bonds. The molecule has 3 fully saturated rings. The predicted molar refractivity (Wildman–Crippen MR) is 88.6 cm³/mol. The van der Waals surface area contributed by atoms with E-state index in [1.165, 1.54) is 43.2 Å². The average molecular weight is 312 g/mol. The minimum absolute atomic E-state index is 0.237. The highest BCUT2D eigenvalue weighted by atomic mass is 16.6. The zero-order chi connectivity index (χ0) is 16.2. The molecule has 0 saturated heterocycles. The Hall–Kier alpha value is -1.42. The molecule has 3 saturated carbocycles. The van der Waals surface area contributed by atoms with E-state index in [-0.39, 0.29) is 10.6 Å². The van der Waals surface area contributed by atoms with Crippen molar-refractivity contribution in [3.8, 4) is 0 Å². The van der Waals surface area contributed by atoms with Gasteiger partial charge in [-0.1, -0.05) is 13.0 Å². The summed E-state index contributed by atoms with van der Waals surface area (Å²) in [5.74, 6) is 1.15. The maximum Gasteiger partial charge on any atom is 0.269 e. The molecule has 4 aliphatic rings. The summed E-state index contributed by atoms with van der Waals surface area (Å²) in [7, 11) is 4.46. The summed E-state index contributed by atoms with van der Waals surface area (Å²) in [6, 6.07) is 5.70. The van der Waals surface area contributed by atoms with Crippen LogP contribution >= 0.6 is 0 Å². The van der Waals surface area contributed by atoms with E-state index in [0.29, 0.717) is 28.2 Å². The third-order valence-corrected chi connectivity index (χ3v) is 7.82. The third-order valence-electron chi connectivity index (χ3n) is 7.82. The highest BCUT2D eigenvalue weighted by Crippen LogP contribution is 2.80. The molecule has 0 heterocycles. The molecule has 5 atom stereocenters. The molecule has 3 bridgehead atoms. The van der Waals surface area contributed by atoms with Crippen molar-refractivity contribution >= 4 is 5.69 Å². The van der Waals surface area contributed by atoms with Gasteiger partial charge in [0.25, 0.3) is 5.69 Å². The standard InChI is InChI=1S/C19H24N2O2/c1-17-7-15-13-5-4-12(21(22)23)6-14(13)16-8-18(9-17,20(2)3)11-19(15,16)10-17/h4-6,15-16H,7-11H2,1-3H3. The number of non-ortho nitro benzene ring substituents is 1. The van der Waals surface area contributed by atoms with Crippen molar-refractivity contribution in [2.45, 2.75) is 56.4 Å². The van der Waals surface area contributed by atoms with Gasteiger partial charge >= 0.3 is 0 Å². The quantitative estimate of drug-likeness (QED) is 0.611. The Kier molecular flexibility index (Phi) is 2.31. The summed E-state index contributed by atoms with van der Waals surface area (Å²) in [4.78, 5) is 13.5. The molecule has 5 unspecified atom stereocenters. The van der Waals surface area contributed by atoms with Gasteiger partial charge in [0.2, 0.25) is 0 Å². The van der Waals surface area contributed by atoms with Gasteiger partial charge in [-0.05, 0) is 80.0 Å². The summed E-state index contributed by atoms with van der Waals surface area (Å²) < 4.78 is 0. The first-order chi connectivity index (χ1) is 10.8. The molecule has 0 radical (unpaired) electrons. The van der Waals surface area contributed by atoms with Gasteiger partial charge in [-0.2, -0.15) is 0 Å². The van der Waals surface area contributed by atoms with Gasteiger partial charge in [-0.15, -0.1) is 0 Å². The van der Waals surface area contributed by atoms with Gasteiger partial charge in [0.05, 0.1) is 4.92 Å². The van der Waals surface area contributed by atoms with Crippen LogP contribution in [0.1, 0.15) is 62.0 Å².